The van der Waals surface area contributed by atoms with E-state index in [1.54, 1.807) is 14.2 Å². The van der Waals surface area contributed by atoms with Crippen molar-refractivity contribution >= 4 is 35.6 Å². The second kappa shape index (κ2) is 10.3. The third-order valence-corrected chi connectivity index (χ3v) is 5.07. The minimum atomic E-state index is 0. The van der Waals surface area contributed by atoms with Crippen LogP contribution in [0.4, 0.5) is 0 Å². The molecule has 0 aliphatic rings. The Morgan fingerprint density at radius 1 is 0.839 bits per heavy atom. The molecule has 0 saturated heterocycles. The molecule has 162 valence electrons. The zero-order chi connectivity index (χ0) is 20.4. The Hall–Kier alpha value is -3.02. The number of fused-ring (bicyclic) bond motifs is 1. The highest BCUT2D eigenvalue weighted by molar-refractivity contribution is 5.92. The molecule has 2 heterocycles. The summed E-state index contributed by atoms with van der Waals surface area (Å²) in [6.45, 7) is 1.87. The van der Waals surface area contributed by atoms with Crippen molar-refractivity contribution in [1.82, 2.24) is 9.97 Å². The summed E-state index contributed by atoms with van der Waals surface area (Å²) in [5.41, 5.74) is 4.59. The summed E-state index contributed by atoms with van der Waals surface area (Å²) in [5, 5.41) is 12.4. The van der Waals surface area contributed by atoms with Crippen LogP contribution in [0.5, 0.6) is 17.4 Å². The van der Waals surface area contributed by atoms with Gasteiger partial charge < -0.3 is 14.6 Å². The van der Waals surface area contributed by atoms with Crippen LogP contribution in [0.2, 0.25) is 0 Å². The molecule has 31 heavy (non-hydrogen) atoms. The first-order valence-corrected chi connectivity index (χ1v) is 9.34. The molecule has 0 atom stereocenters. The van der Waals surface area contributed by atoms with Gasteiger partial charge in [-0.25, -0.2) is 4.98 Å². The number of benzene rings is 2. The van der Waals surface area contributed by atoms with Gasteiger partial charge in [-0.05, 0) is 41.6 Å². The zero-order valence-electron chi connectivity index (χ0n) is 17.5. The molecule has 7 heteroatoms. The van der Waals surface area contributed by atoms with Crippen LogP contribution in [-0.2, 0) is 6.42 Å². The number of hydrogen-bond donors (Lipinski definition) is 1. The molecule has 4 aromatic rings. The highest BCUT2D eigenvalue weighted by Crippen LogP contribution is 2.38. The standard InChI is InChI=1S/C24H22N2O3.2ClH/c1-15-19-11-22(28-2)23(29-3)12-20(19)21(24(27)26-15)10-16-9-18(14-25-13-16)17-7-5-4-6-8-17;;/h4-9,11-14H,10H2,1-3H3,(H,26,27);2*1H. The molecule has 0 aliphatic heterocycles. The molecule has 0 aliphatic carbocycles. The Kier molecular flexibility index (Phi) is 8.08. The van der Waals surface area contributed by atoms with E-state index in [1.165, 1.54) is 0 Å². The quantitative estimate of drug-likeness (QED) is 0.411. The van der Waals surface area contributed by atoms with Crippen molar-refractivity contribution in [1.29, 1.82) is 0 Å². The van der Waals surface area contributed by atoms with Gasteiger partial charge >= 0.3 is 0 Å². The Morgan fingerprint density at radius 3 is 2.13 bits per heavy atom. The summed E-state index contributed by atoms with van der Waals surface area (Å²) < 4.78 is 10.9. The van der Waals surface area contributed by atoms with Crippen LogP contribution in [0.25, 0.3) is 21.9 Å². The third-order valence-electron chi connectivity index (χ3n) is 5.07. The maximum atomic E-state index is 10.6. The first kappa shape index (κ1) is 24.3. The van der Waals surface area contributed by atoms with Gasteiger partial charge in [0.25, 0.3) is 0 Å². The van der Waals surface area contributed by atoms with E-state index >= 15 is 0 Å². The molecule has 0 saturated carbocycles. The number of aryl methyl sites for hydroxylation is 1. The van der Waals surface area contributed by atoms with Crippen molar-refractivity contribution < 1.29 is 14.6 Å². The molecular weight excluding hydrogens is 435 g/mol. The second-order valence-electron chi connectivity index (χ2n) is 6.88. The van der Waals surface area contributed by atoms with Crippen molar-refractivity contribution in [3.05, 3.63) is 77.7 Å². The summed E-state index contributed by atoms with van der Waals surface area (Å²) in [6, 6.07) is 16.0. The fraction of sp³-hybridized carbons (Fsp3) is 0.167. The average molecular weight is 459 g/mol. The SMILES string of the molecule is COc1cc2c(C)nc(O)c(Cc3cncc(-c4ccccc4)c3)c2cc1OC.Cl.Cl. The van der Waals surface area contributed by atoms with E-state index in [1.807, 2.05) is 49.6 Å². The van der Waals surface area contributed by atoms with Crippen molar-refractivity contribution in [3.8, 4) is 28.5 Å². The van der Waals surface area contributed by atoms with Crippen LogP contribution in [0.15, 0.2) is 60.9 Å². The molecular formula is C24H24Cl2N2O3. The molecule has 2 aromatic carbocycles. The number of aromatic hydroxyl groups is 1. The summed E-state index contributed by atoms with van der Waals surface area (Å²) in [6.07, 6.45) is 4.16. The van der Waals surface area contributed by atoms with E-state index in [0.717, 1.165) is 38.7 Å². The molecule has 1 N–H and O–H groups in total. The van der Waals surface area contributed by atoms with E-state index in [0.29, 0.717) is 17.9 Å². The van der Waals surface area contributed by atoms with Crippen LogP contribution in [-0.4, -0.2) is 29.3 Å². The summed E-state index contributed by atoms with van der Waals surface area (Å²) in [5.74, 6) is 1.27. The monoisotopic (exact) mass is 458 g/mol. The lowest BCUT2D eigenvalue weighted by molar-refractivity contribution is 0.355. The second-order valence-corrected chi connectivity index (χ2v) is 6.88. The van der Waals surface area contributed by atoms with Crippen LogP contribution in [0.1, 0.15) is 16.8 Å². The largest absolute Gasteiger partial charge is 0.493 e. The van der Waals surface area contributed by atoms with Crippen LogP contribution >= 0.6 is 24.8 Å². The van der Waals surface area contributed by atoms with Gasteiger partial charge in [0.2, 0.25) is 5.88 Å². The third kappa shape index (κ3) is 4.84. The van der Waals surface area contributed by atoms with Gasteiger partial charge in [0, 0.05) is 41.0 Å². The molecule has 2 aromatic heterocycles. The summed E-state index contributed by atoms with van der Waals surface area (Å²) >= 11 is 0. The fourth-order valence-corrected chi connectivity index (χ4v) is 3.59. The van der Waals surface area contributed by atoms with E-state index in [9.17, 15) is 5.11 Å². The molecule has 0 amide bonds. The van der Waals surface area contributed by atoms with Crippen LogP contribution < -0.4 is 9.47 Å². The minimum absolute atomic E-state index is 0. The normalized spacial score (nSPS) is 10.2. The maximum absolute atomic E-state index is 10.6. The van der Waals surface area contributed by atoms with E-state index < -0.39 is 0 Å². The number of nitrogens with zero attached hydrogens (tertiary/aromatic N) is 2. The van der Waals surface area contributed by atoms with E-state index in [-0.39, 0.29) is 30.7 Å². The van der Waals surface area contributed by atoms with E-state index in [4.69, 9.17) is 9.47 Å². The molecule has 0 fully saturated rings. The molecule has 0 bridgehead atoms. The smallest absolute Gasteiger partial charge is 0.215 e. The molecule has 4 rings (SSSR count). The minimum Gasteiger partial charge on any atom is -0.493 e. The van der Waals surface area contributed by atoms with Gasteiger partial charge in [0.15, 0.2) is 11.5 Å². The van der Waals surface area contributed by atoms with Crippen molar-refractivity contribution in [2.24, 2.45) is 0 Å². The number of halogens is 2. The molecule has 0 unspecified atom stereocenters. The summed E-state index contributed by atoms with van der Waals surface area (Å²) in [7, 11) is 3.21. The highest BCUT2D eigenvalue weighted by Gasteiger charge is 2.16. The fourth-order valence-electron chi connectivity index (χ4n) is 3.59. The van der Waals surface area contributed by atoms with Crippen LogP contribution in [0.3, 0.4) is 0 Å². The van der Waals surface area contributed by atoms with Crippen LogP contribution in [0, 0.1) is 6.92 Å². The topological polar surface area (TPSA) is 64.5 Å². The number of rotatable bonds is 5. The predicted octanol–water partition coefficient (Wildman–Crippen LogP) is 5.76. The van der Waals surface area contributed by atoms with Crippen molar-refractivity contribution in [2.45, 2.75) is 13.3 Å². The Balaban J connectivity index is 0.00000171. The van der Waals surface area contributed by atoms with Gasteiger partial charge in [-0.1, -0.05) is 30.3 Å². The summed E-state index contributed by atoms with van der Waals surface area (Å²) in [4.78, 5) is 8.75. The Labute approximate surface area is 193 Å². The van der Waals surface area contributed by atoms with Gasteiger partial charge in [-0.2, -0.15) is 0 Å². The lowest BCUT2D eigenvalue weighted by Gasteiger charge is -2.15. The molecule has 0 radical (unpaired) electrons. The first-order valence-electron chi connectivity index (χ1n) is 9.34. The van der Waals surface area contributed by atoms with Crippen molar-refractivity contribution in [2.75, 3.05) is 14.2 Å². The average Bonchev–Trinajstić information content (AvgIpc) is 2.76. The Bertz CT molecular complexity index is 1180. The lowest BCUT2D eigenvalue weighted by Crippen LogP contribution is -1.99. The number of hydrogen-bond acceptors (Lipinski definition) is 5. The number of pyridine rings is 2. The highest BCUT2D eigenvalue weighted by atomic mass is 35.5. The van der Waals surface area contributed by atoms with E-state index in [2.05, 4.69) is 28.2 Å². The lowest BCUT2D eigenvalue weighted by atomic mass is 9.97. The number of methoxy groups -OCH3 is 2. The zero-order valence-corrected chi connectivity index (χ0v) is 19.1. The maximum Gasteiger partial charge on any atom is 0.215 e. The Morgan fingerprint density at radius 2 is 1.48 bits per heavy atom. The predicted molar refractivity (Wildman–Crippen MR) is 128 cm³/mol. The first-order chi connectivity index (χ1) is 14.1. The van der Waals surface area contributed by atoms with Gasteiger partial charge in [0.1, 0.15) is 0 Å². The van der Waals surface area contributed by atoms with Crippen molar-refractivity contribution in [3.63, 3.8) is 0 Å². The number of ether oxygens (including phenoxy) is 2. The molecule has 0 spiro atoms. The molecule has 5 nitrogen and oxygen atoms in total. The van der Waals surface area contributed by atoms with Gasteiger partial charge in [-0.3, -0.25) is 4.98 Å². The van der Waals surface area contributed by atoms with Gasteiger partial charge in [-0.15, -0.1) is 24.8 Å². The number of aromatic nitrogens is 2. The van der Waals surface area contributed by atoms with Gasteiger partial charge in [0.05, 0.1) is 14.2 Å².